The average Bonchev–Trinajstić information content (AvgIpc) is 2.16. The molecule has 0 heterocycles. The van der Waals surface area contributed by atoms with Gasteiger partial charge >= 0.3 is 0 Å². The molecule has 0 radical (unpaired) electrons. The van der Waals surface area contributed by atoms with Crippen LogP contribution in [0.1, 0.15) is 56.2 Å². The van der Waals surface area contributed by atoms with Crippen molar-refractivity contribution in [2.45, 2.75) is 39.5 Å². The minimum Gasteiger partial charge on any atom is -0.206 e. The van der Waals surface area contributed by atoms with E-state index in [0.717, 1.165) is 11.1 Å². The van der Waals surface area contributed by atoms with Crippen LogP contribution < -0.4 is 0 Å². The van der Waals surface area contributed by atoms with Gasteiger partial charge in [0.15, 0.2) is 0 Å². The predicted molar refractivity (Wildman–Crippen MR) is 59.3 cm³/mol. The molecule has 0 atom stereocenters. The molecule has 0 unspecified atom stereocenters. The molecule has 1 nitrogen and oxygen atoms in total. The lowest BCUT2D eigenvalue weighted by Gasteiger charge is -2.16. The smallest absolute Gasteiger partial charge is 0.141 e. The third kappa shape index (κ3) is 2.36. The molecule has 0 N–H and O–H groups in total. The highest BCUT2D eigenvalue weighted by atomic mass is 19.1. The Balaban J connectivity index is 3.40. The molecule has 0 aliphatic heterocycles. The van der Waals surface area contributed by atoms with Gasteiger partial charge in [-0.1, -0.05) is 27.7 Å². The number of nitriles is 1. The van der Waals surface area contributed by atoms with E-state index in [1.807, 2.05) is 19.9 Å². The highest BCUT2D eigenvalue weighted by molar-refractivity contribution is 5.42. The van der Waals surface area contributed by atoms with Crippen LogP contribution in [-0.2, 0) is 0 Å². The molecule has 0 aliphatic carbocycles. The van der Waals surface area contributed by atoms with E-state index in [4.69, 9.17) is 5.26 Å². The van der Waals surface area contributed by atoms with Gasteiger partial charge < -0.3 is 0 Å². The molecule has 0 saturated heterocycles. The zero-order valence-corrected chi connectivity index (χ0v) is 9.63. The Morgan fingerprint density at radius 3 is 1.93 bits per heavy atom. The second kappa shape index (κ2) is 4.44. The molecular weight excluding hydrogens is 189 g/mol. The van der Waals surface area contributed by atoms with Crippen molar-refractivity contribution in [1.29, 1.82) is 5.26 Å². The second-order valence-electron chi connectivity index (χ2n) is 4.38. The Morgan fingerprint density at radius 1 is 1.07 bits per heavy atom. The fourth-order valence-electron chi connectivity index (χ4n) is 1.69. The van der Waals surface area contributed by atoms with Gasteiger partial charge in [-0.05, 0) is 35.1 Å². The fraction of sp³-hybridized carbons (Fsp3) is 0.462. The predicted octanol–water partition coefficient (Wildman–Crippen LogP) is 3.94. The van der Waals surface area contributed by atoms with Gasteiger partial charge in [-0.2, -0.15) is 5.26 Å². The summed E-state index contributed by atoms with van der Waals surface area (Å²) < 4.78 is 13.4. The third-order valence-electron chi connectivity index (χ3n) is 2.54. The molecule has 80 valence electrons. The van der Waals surface area contributed by atoms with E-state index < -0.39 is 5.82 Å². The Kier molecular flexibility index (Phi) is 3.47. The standard InChI is InChI=1S/C13H16FN/c1-8(2)11-5-10(7-15)13(14)6-12(11)9(3)4/h5-6,8-9H,1-4H3. The van der Waals surface area contributed by atoms with Gasteiger partial charge in [0.2, 0.25) is 0 Å². The number of hydrogen-bond donors (Lipinski definition) is 0. The first-order chi connectivity index (χ1) is 6.97. The minimum atomic E-state index is -0.411. The lowest BCUT2D eigenvalue weighted by molar-refractivity contribution is 0.616. The van der Waals surface area contributed by atoms with Gasteiger partial charge in [0.25, 0.3) is 0 Å². The van der Waals surface area contributed by atoms with Crippen LogP contribution in [-0.4, -0.2) is 0 Å². The maximum Gasteiger partial charge on any atom is 0.141 e. The van der Waals surface area contributed by atoms with Crippen molar-refractivity contribution in [3.8, 4) is 6.07 Å². The lowest BCUT2D eigenvalue weighted by atomic mass is 9.89. The Bertz CT molecular complexity index is 400. The molecule has 0 fully saturated rings. The van der Waals surface area contributed by atoms with E-state index in [0.29, 0.717) is 5.92 Å². The van der Waals surface area contributed by atoms with Crippen LogP contribution in [0.3, 0.4) is 0 Å². The molecule has 0 aromatic heterocycles. The van der Waals surface area contributed by atoms with Gasteiger partial charge in [0.1, 0.15) is 11.9 Å². The normalized spacial score (nSPS) is 10.8. The summed E-state index contributed by atoms with van der Waals surface area (Å²) >= 11 is 0. The molecule has 0 bridgehead atoms. The Hall–Kier alpha value is -1.36. The van der Waals surface area contributed by atoms with E-state index in [1.54, 1.807) is 6.07 Å². The van der Waals surface area contributed by atoms with Gasteiger partial charge in [-0.3, -0.25) is 0 Å². The highest BCUT2D eigenvalue weighted by Gasteiger charge is 2.14. The SMILES string of the molecule is CC(C)c1cc(F)c(C#N)cc1C(C)C. The third-order valence-corrected chi connectivity index (χ3v) is 2.54. The number of benzene rings is 1. The molecule has 15 heavy (non-hydrogen) atoms. The van der Waals surface area contributed by atoms with E-state index >= 15 is 0 Å². The largest absolute Gasteiger partial charge is 0.206 e. The van der Waals surface area contributed by atoms with E-state index in [-0.39, 0.29) is 11.5 Å². The van der Waals surface area contributed by atoms with Gasteiger partial charge in [0, 0.05) is 0 Å². The van der Waals surface area contributed by atoms with Crippen LogP contribution in [0.25, 0.3) is 0 Å². The summed E-state index contributed by atoms with van der Waals surface area (Å²) in [6, 6.07) is 5.06. The van der Waals surface area contributed by atoms with Crippen molar-refractivity contribution in [2.75, 3.05) is 0 Å². The summed E-state index contributed by atoms with van der Waals surface area (Å²) in [6.07, 6.45) is 0. The van der Waals surface area contributed by atoms with E-state index in [9.17, 15) is 4.39 Å². The molecule has 1 aromatic rings. The number of rotatable bonds is 2. The van der Waals surface area contributed by atoms with Crippen molar-refractivity contribution in [2.24, 2.45) is 0 Å². The summed E-state index contributed by atoms with van der Waals surface area (Å²) in [5.74, 6) is 0.186. The van der Waals surface area contributed by atoms with Gasteiger partial charge in [-0.15, -0.1) is 0 Å². The minimum absolute atomic E-state index is 0.142. The first-order valence-corrected chi connectivity index (χ1v) is 5.20. The quantitative estimate of drug-likeness (QED) is 0.717. The lowest BCUT2D eigenvalue weighted by Crippen LogP contribution is -2.01. The van der Waals surface area contributed by atoms with E-state index in [1.165, 1.54) is 6.07 Å². The van der Waals surface area contributed by atoms with Crippen molar-refractivity contribution in [3.05, 3.63) is 34.6 Å². The summed E-state index contributed by atoms with van der Waals surface area (Å²) in [4.78, 5) is 0. The van der Waals surface area contributed by atoms with Crippen molar-refractivity contribution < 1.29 is 4.39 Å². The van der Waals surface area contributed by atoms with Crippen LogP contribution in [0.4, 0.5) is 4.39 Å². The van der Waals surface area contributed by atoms with Gasteiger partial charge in [-0.25, -0.2) is 4.39 Å². The van der Waals surface area contributed by atoms with Crippen LogP contribution in [0.2, 0.25) is 0 Å². The summed E-state index contributed by atoms with van der Waals surface area (Å²) in [5, 5.41) is 8.76. The summed E-state index contributed by atoms with van der Waals surface area (Å²) in [7, 11) is 0. The molecule has 0 saturated carbocycles. The van der Waals surface area contributed by atoms with Crippen LogP contribution >= 0.6 is 0 Å². The molecule has 0 spiro atoms. The Labute approximate surface area is 90.5 Å². The molecule has 1 aromatic carbocycles. The first kappa shape index (κ1) is 11.7. The van der Waals surface area contributed by atoms with Crippen molar-refractivity contribution in [3.63, 3.8) is 0 Å². The molecule has 0 aliphatic rings. The monoisotopic (exact) mass is 205 g/mol. The van der Waals surface area contributed by atoms with E-state index in [2.05, 4.69) is 13.8 Å². The topological polar surface area (TPSA) is 23.8 Å². The average molecular weight is 205 g/mol. The second-order valence-corrected chi connectivity index (χ2v) is 4.38. The zero-order valence-electron chi connectivity index (χ0n) is 9.63. The van der Waals surface area contributed by atoms with Crippen LogP contribution in [0.15, 0.2) is 12.1 Å². The molecule has 1 rings (SSSR count). The Morgan fingerprint density at radius 2 is 1.53 bits per heavy atom. The summed E-state index contributed by atoms with van der Waals surface area (Å²) in [6.45, 7) is 8.18. The van der Waals surface area contributed by atoms with Crippen LogP contribution in [0, 0.1) is 17.1 Å². The van der Waals surface area contributed by atoms with Crippen molar-refractivity contribution in [1.82, 2.24) is 0 Å². The van der Waals surface area contributed by atoms with Crippen molar-refractivity contribution >= 4 is 0 Å². The number of hydrogen-bond acceptors (Lipinski definition) is 1. The number of nitrogens with zero attached hydrogens (tertiary/aromatic N) is 1. The highest BCUT2D eigenvalue weighted by Crippen LogP contribution is 2.28. The summed E-state index contributed by atoms with van der Waals surface area (Å²) in [5.41, 5.74) is 2.22. The molecule has 0 amide bonds. The molecule has 2 heteroatoms. The fourth-order valence-corrected chi connectivity index (χ4v) is 1.69. The maximum absolute atomic E-state index is 13.4. The molecular formula is C13H16FN. The van der Waals surface area contributed by atoms with Gasteiger partial charge in [0.05, 0.1) is 5.56 Å². The zero-order chi connectivity index (χ0) is 11.6. The van der Waals surface area contributed by atoms with Crippen LogP contribution in [0.5, 0.6) is 0 Å². The maximum atomic E-state index is 13.4. The number of halogens is 1. The first-order valence-electron chi connectivity index (χ1n) is 5.20.